The van der Waals surface area contributed by atoms with Gasteiger partial charge in [-0.2, -0.15) is 0 Å². The lowest BCUT2D eigenvalue weighted by Crippen LogP contribution is -2.20. The predicted octanol–water partition coefficient (Wildman–Crippen LogP) is 1.81. The molecule has 0 aliphatic rings. The van der Waals surface area contributed by atoms with Crippen molar-refractivity contribution < 1.29 is 19.8 Å². The number of carboxylic acid groups (broad SMARTS) is 2. The summed E-state index contributed by atoms with van der Waals surface area (Å²) >= 11 is 1.13. The second-order valence-electron chi connectivity index (χ2n) is 3.63. The average Bonchev–Trinajstić information content (AvgIpc) is 2.36. The largest absolute Gasteiger partial charge is 0.481 e. The maximum Gasteiger partial charge on any atom is 0.317 e. The summed E-state index contributed by atoms with van der Waals surface area (Å²) in [5.41, 5.74) is 5.84. The fourth-order valence-corrected chi connectivity index (χ4v) is 2.14. The SMILES string of the molecule is CCN.O=C(O)CC(SCc1ccccc1)C(=O)O. The van der Waals surface area contributed by atoms with Gasteiger partial charge in [0.2, 0.25) is 0 Å². The quantitative estimate of drug-likeness (QED) is 0.737. The number of thioether (sulfide) groups is 1. The lowest BCUT2D eigenvalue weighted by atomic mass is 10.2. The Morgan fingerprint density at radius 1 is 1.26 bits per heavy atom. The smallest absolute Gasteiger partial charge is 0.317 e. The molecule has 0 fully saturated rings. The third-order valence-corrected chi connectivity index (χ3v) is 3.20. The minimum Gasteiger partial charge on any atom is -0.481 e. The molecule has 1 aromatic carbocycles. The number of carboxylic acids is 2. The topological polar surface area (TPSA) is 101 Å². The van der Waals surface area contributed by atoms with E-state index in [4.69, 9.17) is 15.9 Å². The molecule has 0 amide bonds. The first-order chi connectivity index (χ1) is 9.01. The van der Waals surface area contributed by atoms with E-state index in [1.807, 2.05) is 37.3 Å². The van der Waals surface area contributed by atoms with Gasteiger partial charge in [0, 0.05) is 5.75 Å². The van der Waals surface area contributed by atoms with Crippen molar-refractivity contribution in [3.8, 4) is 0 Å². The van der Waals surface area contributed by atoms with E-state index in [9.17, 15) is 9.59 Å². The van der Waals surface area contributed by atoms with Crippen molar-refractivity contribution in [2.45, 2.75) is 24.3 Å². The van der Waals surface area contributed by atoms with Gasteiger partial charge in [0.15, 0.2) is 0 Å². The van der Waals surface area contributed by atoms with Crippen LogP contribution in [0.3, 0.4) is 0 Å². The van der Waals surface area contributed by atoms with Gasteiger partial charge >= 0.3 is 11.9 Å². The molecule has 0 saturated carbocycles. The minimum absolute atomic E-state index is 0.354. The van der Waals surface area contributed by atoms with Gasteiger partial charge in [0.25, 0.3) is 0 Å². The summed E-state index contributed by atoms with van der Waals surface area (Å²) in [5, 5.41) is 16.5. The fraction of sp³-hybridized carbons (Fsp3) is 0.385. The summed E-state index contributed by atoms with van der Waals surface area (Å²) in [7, 11) is 0. The first kappa shape index (κ1) is 17.5. The van der Waals surface area contributed by atoms with E-state index in [-0.39, 0.29) is 6.42 Å². The van der Waals surface area contributed by atoms with E-state index in [1.165, 1.54) is 0 Å². The van der Waals surface area contributed by atoms with E-state index in [2.05, 4.69) is 0 Å². The molecule has 4 N–H and O–H groups in total. The monoisotopic (exact) mass is 285 g/mol. The van der Waals surface area contributed by atoms with E-state index in [0.29, 0.717) is 5.75 Å². The number of nitrogens with two attached hydrogens (primary N) is 1. The molecule has 0 radical (unpaired) electrons. The van der Waals surface area contributed by atoms with Crippen LogP contribution in [0.1, 0.15) is 18.9 Å². The Bertz CT molecular complexity index is 383. The molecule has 0 spiro atoms. The molecule has 1 aromatic rings. The molecule has 1 rings (SSSR count). The van der Waals surface area contributed by atoms with Gasteiger partial charge in [0.05, 0.1) is 6.42 Å². The Balaban J connectivity index is 0.000000982. The van der Waals surface area contributed by atoms with Crippen LogP contribution in [0.4, 0.5) is 0 Å². The van der Waals surface area contributed by atoms with Crippen molar-refractivity contribution in [2.24, 2.45) is 5.73 Å². The normalized spacial score (nSPS) is 11.1. The lowest BCUT2D eigenvalue weighted by molar-refractivity contribution is -0.142. The standard InChI is InChI=1S/C11H12O4S.C2H7N/c12-10(13)6-9(11(14)15)16-7-8-4-2-1-3-5-8;1-2-3/h1-5,9H,6-7H2,(H,12,13)(H,14,15);2-3H2,1H3. The van der Waals surface area contributed by atoms with Gasteiger partial charge in [-0.1, -0.05) is 37.3 Å². The zero-order chi connectivity index (χ0) is 14.7. The average molecular weight is 285 g/mol. The van der Waals surface area contributed by atoms with Crippen LogP contribution in [0.25, 0.3) is 0 Å². The highest BCUT2D eigenvalue weighted by Gasteiger charge is 2.21. The zero-order valence-corrected chi connectivity index (χ0v) is 11.6. The van der Waals surface area contributed by atoms with Crippen LogP contribution in [0, 0.1) is 0 Å². The van der Waals surface area contributed by atoms with Crippen LogP contribution < -0.4 is 5.73 Å². The van der Waals surface area contributed by atoms with Crippen molar-refractivity contribution in [1.82, 2.24) is 0 Å². The van der Waals surface area contributed by atoms with Gasteiger partial charge in [-0.05, 0) is 12.1 Å². The van der Waals surface area contributed by atoms with E-state index >= 15 is 0 Å². The van der Waals surface area contributed by atoms with Gasteiger partial charge in [-0.25, -0.2) is 0 Å². The maximum absolute atomic E-state index is 10.8. The molecule has 0 heterocycles. The Labute approximate surface area is 116 Å². The number of aliphatic carboxylic acids is 2. The van der Waals surface area contributed by atoms with Crippen LogP contribution in [0.15, 0.2) is 30.3 Å². The molecule has 1 atom stereocenters. The fourth-order valence-electron chi connectivity index (χ4n) is 1.15. The van der Waals surface area contributed by atoms with Gasteiger partial charge in [0.1, 0.15) is 5.25 Å². The van der Waals surface area contributed by atoms with Crippen LogP contribution in [-0.4, -0.2) is 33.9 Å². The van der Waals surface area contributed by atoms with E-state index < -0.39 is 17.2 Å². The Morgan fingerprint density at radius 3 is 2.21 bits per heavy atom. The van der Waals surface area contributed by atoms with E-state index in [0.717, 1.165) is 23.9 Å². The molecule has 6 heteroatoms. The van der Waals surface area contributed by atoms with Crippen LogP contribution in [0.2, 0.25) is 0 Å². The van der Waals surface area contributed by atoms with Crippen LogP contribution >= 0.6 is 11.8 Å². The highest BCUT2D eigenvalue weighted by atomic mass is 32.2. The predicted molar refractivity (Wildman–Crippen MR) is 76.1 cm³/mol. The van der Waals surface area contributed by atoms with Crippen molar-refractivity contribution in [1.29, 1.82) is 0 Å². The van der Waals surface area contributed by atoms with Crippen molar-refractivity contribution in [2.75, 3.05) is 6.54 Å². The summed E-state index contributed by atoms with van der Waals surface area (Å²) in [4.78, 5) is 21.2. The number of hydrogen-bond acceptors (Lipinski definition) is 4. The van der Waals surface area contributed by atoms with Gasteiger partial charge in [-0.15, -0.1) is 11.8 Å². The molecule has 106 valence electrons. The number of carbonyl (C=O) groups is 2. The molecular formula is C13H19NO4S. The first-order valence-corrected chi connectivity index (χ1v) is 6.86. The van der Waals surface area contributed by atoms with Gasteiger partial charge < -0.3 is 15.9 Å². The van der Waals surface area contributed by atoms with Crippen molar-refractivity contribution >= 4 is 23.7 Å². The summed E-state index contributed by atoms with van der Waals surface area (Å²) in [5.74, 6) is -1.67. The highest BCUT2D eigenvalue weighted by Crippen LogP contribution is 2.20. The molecule has 0 aromatic heterocycles. The molecule has 0 aliphatic carbocycles. The Kier molecular flexibility index (Phi) is 9.56. The van der Waals surface area contributed by atoms with Crippen LogP contribution in [0.5, 0.6) is 0 Å². The lowest BCUT2D eigenvalue weighted by Gasteiger charge is -2.09. The summed E-state index contributed by atoms with van der Waals surface area (Å²) in [6, 6.07) is 9.37. The number of hydrogen-bond donors (Lipinski definition) is 3. The molecule has 0 bridgehead atoms. The second kappa shape index (κ2) is 10.4. The third-order valence-electron chi connectivity index (χ3n) is 1.93. The van der Waals surface area contributed by atoms with Crippen molar-refractivity contribution in [3.05, 3.63) is 35.9 Å². The van der Waals surface area contributed by atoms with Crippen molar-refractivity contribution in [3.63, 3.8) is 0 Å². The second-order valence-corrected chi connectivity index (χ2v) is 4.82. The zero-order valence-electron chi connectivity index (χ0n) is 10.8. The summed E-state index contributed by atoms with van der Waals surface area (Å²) in [6.45, 7) is 2.65. The Hall–Kier alpha value is -1.53. The highest BCUT2D eigenvalue weighted by molar-refractivity contribution is 7.99. The minimum atomic E-state index is -1.09. The third kappa shape index (κ3) is 9.10. The first-order valence-electron chi connectivity index (χ1n) is 5.81. The molecular weight excluding hydrogens is 266 g/mol. The van der Waals surface area contributed by atoms with E-state index in [1.54, 1.807) is 0 Å². The number of benzene rings is 1. The number of rotatable bonds is 6. The molecule has 19 heavy (non-hydrogen) atoms. The summed E-state index contributed by atoms with van der Waals surface area (Å²) < 4.78 is 0. The molecule has 1 unspecified atom stereocenters. The molecule has 0 aliphatic heterocycles. The van der Waals surface area contributed by atoms with Crippen LogP contribution in [-0.2, 0) is 15.3 Å². The maximum atomic E-state index is 10.8. The van der Waals surface area contributed by atoms with Gasteiger partial charge in [-0.3, -0.25) is 9.59 Å². The summed E-state index contributed by atoms with van der Waals surface area (Å²) in [6.07, 6.45) is -0.354. The molecule has 5 nitrogen and oxygen atoms in total. The Morgan fingerprint density at radius 2 is 1.79 bits per heavy atom. The molecule has 0 saturated heterocycles.